The first-order valence-corrected chi connectivity index (χ1v) is 6.43. The number of para-hydroxylation sites is 1. The van der Waals surface area contributed by atoms with Crippen molar-refractivity contribution in [2.45, 2.75) is 19.4 Å². The predicted molar refractivity (Wildman–Crippen MR) is 70.7 cm³/mol. The van der Waals surface area contributed by atoms with Gasteiger partial charge in [-0.2, -0.15) is 0 Å². The Labute approximate surface area is 112 Å². The van der Waals surface area contributed by atoms with Crippen LogP contribution in [0.3, 0.4) is 0 Å². The van der Waals surface area contributed by atoms with Gasteiger partial charge in [0.2, 0.25) is 11.8 Å². The van der Waals surface area contributed by atoms with E-state index in [1.54, 1.807) is 11.8 Å². The second-order valence-corrected chi connectivity index (χ2v) is 4.53. The Kier molecular flexibility index (Phi) is 4.39. The van der Waals surface area contributed by atoms with Crippen LogP contribution in [0.1, 0.15) is 13.3 Å². The molecule has 1 unspecified atom stereocenters. The molecule has 5 heteroatoms. The van der Waals surface area contributed by atoms with Crippen LogP contribution in [0.5, 0.6) is 5.75 Å². The Morgan fingerprint density at radius 3 is 2.79 bits per heavy atom. The highest BCUT2D eigenvalue weighted by molar-refractivity contribution is 5.89. The minimum Gasteiger partial charge on any atom is -0.492 e. The van der Waals surface area contributed by atoms with Gasteiger partial charge in [0, 0.05) is 13.0 Å². The molecular formula is C14H18N2O3. The summed E-state index contributed by atoms with van der Waals surface area (Å²) in [5.41, 5.74) is 0. The van der Waals surface area contributed by atoms with Crippen LogP contribution >= 0.6 is 0 Å². The summed E-state index contributed by atoms with van der Waals surface area (Å²) in [6.07, 6.45) is 0.349. The monoisotopic (exact) mass is 262 g/mol. The highest BCUT2D eigenvalue weighted by Crippen LogP contribution is 2.09. The zero-order valence-corrected chi connectivity index (χ0v) is 11.0. The Bertz CT molecular complexity index is 447. The first kappa shape index (κ1) is 13.4. The predicted octanol–water partition coefficient (Wildman–Crippen LogP) is 0.802. The number of carbonyl (C=O) groups is 2. The van der Waals surface area contributed by atoms with E-state index in [0.717, 1.165) is 5.75 Å². The molecule has 0 aliphatic carbocycles. The van der Waals surface area contributed by atoms with Gasteiger partial charge in [-0.3, -0.25) is 9.59 Å². The molecule has 1 aliphatic rings. The van der Waals surface area contributed by atoms with E-state index in [1.165, 1.54) is 0 Å². The summed E-state index contributed by atoms with van der Waals surface area (Å²) in [7, 11) is 0. The van der Waals surface area contributed by atoms with Crippen LogP contribution in [0.4, 0.5) is 0 Å². The minimum atomic E-state index is -0.452. The second kappa shape index (κ2) is 6.22. The molecule has 0 aromatic heterocycles. The molecule has 2 rings (SSSR count). The maximum Gasteiger partial charge on any atom is 0.244 e. The number of amides is 2. The van der Waals surface area contributed by atoms with Crippen LogP contribution in [-0.4, -0.2) is 42.5 Å². The van der Waals surface area contributed by atoms with Crippen LogP contribution in [0.15, 0.2) is 30.3 Å². The average molecular weight is 262 g/mol. The highest BCUT2D eigenvalue weighted by Gasteiger charge is 2.25. The molecule has 1 aromatic carbocycles. The lowest BCUT2D eigenvalue weighted by Gasteiger charge is -2.22. The summed E-state index contributed by atoms with van der Waals surface area (Å²) in [6, 6.07) is 9.01. The fourth-order valence-corrected chi connectivity index (χ4v) is 2.01. The van der Waals surface area contributed by atoms with Crippen LogP contribution in [0.2, 0.25) is 0 Å². The number of benzene rings is 1. The van der Waals surface area contributed by atoms with Gasteiger partial charge in [0.15, 0.2) is 0 Å². The first-order valence-electron chi connectivity index (χ1n) is 6.43. The van der Waals surface area contributed by atoms with Gasteiger partial charge in [0.25, 0.3) is 0 Å². The molecule has 2 amide bonds. The number of carbonyl (C=O) groups excluding carboxylic acids is 2. The van der Waals surface area contributed by atoms with Gasteiger partial charge in [-0.15, -0.1) is 0 Å². The molecular weight excluding hydrogens is 244 g/mol. The number of rotatable bonds is 4. The second-order valence-electron chi connectivity index (χ2n) is 4.53. The van der Waals surface area contributed by atoms with E-state index < -0.39 is 6.04 Å². The van der Waals surface area contributed by atoms with E-state index in [-0.39, 0.29) is 11.8 Å². The molecule has 19 heavy (non-hydrogen) atoms. The molecule has 1 N–H and O–H groups in total. The van der Waals surface area contributed by atoms with E-state index in [2.05, 4.69) is 5.32 Å². The Morgan fingerprint density at radius 1 is 1.32 bits per heavy atom. The Morgan fingerprint density at radius 2 is 2.05 bits per heavy atom. The third-order valence-corrected chi connectivity index (χ3v) is 3.04. The zero-order valence-electron chi connectivity index (χ0n) is 11.0. The molecule has 0 radical (unpaired) electrons. The molecule has 1 fully saturated rings. The lowest BCUT2D eigenvalue weighted by Crippen LogP contribution is -2.43. The maximum absolute atomic E-state index is 12.0. The normalized spacial score (nSPS) is 19.8. The molecule has 1 aliphatic heterocycles. The highest BCUT2D eigenvalue weighted by atomic mass is 16.5. The number of hydrogen-bond donors (Lipinski definition) is 1. The molecule has 102 valence electrons. The van der Waals surface area contributed by atoms with Gasteiger partial charge in [-0.25, -0.2) is 0 Å². The van der Waals surface area contributed by atoms with Crippen molar-refractivity contribution in [2.75, 3.05) is 19.7 Å². The lowest BCUT2D eigenvalue weighted by atomic mass is 10.3. The topological polar surface area (TPSA) is 58.6 Å². The summed E-state index contributed by atoms with van der Waals surface area (Å²) < 4.78 is 5.56. The van der Waals surface area contributed by atoms with E-state index in [4.69, 9.17) is 4.74 Å². The molecule has 1 atom stereocenters. The van der Waals surface area contributed by atoms with Gasteiger partial charge in [-0.05, 0) is 19.1 Å². The lowest BCUT2D eigenvalue weighted by molar-refractivity contribution is -0.133. The van der Waals surface area contributed by atoms with Crippen molar-refractivity contribution in [1.29, 1.82) is 0 Å². The summed E-state index contributed by atoms with van der Waals surface area (Å²) >= 11 is 0. The fraction of sp³-hybridized carbons (Fsp3) is 0.429. The summed E-state index contributed by atoms with van der Waals surface area (Å²) in [6.45, 7) is 3.08. The van der Waals surface area contributed by atoms with Crippen LogP contribution < -0.4 is 10.1 Å². The van der Waals surface area contributed by atoms with Crippen molar-refractivity contribution in [3.8, 4) is 5.75 Å². The Balaban J connectivity index is 1.84. The van der Waals surface area contributed by atoms with Crippen molar-refractivity contribution >= 4 is 11.8 Å². The van der Waals surface area contributed by atoms with Gasteiger partial charge >= 0.3 is 0 Å². The minimum absolute atomic E-state index is 0.0532. The molecule has 1 heterocycles. The number of nitrogens with zero attached hydrogens (tertiary/aromatic N) is 1. The van der Waals surface area contributed by atoms with Crippen LogP contribution in [0, 0.1) is 0 Å². The molecule has 1 saturated heterocycles. The van der Waals surface area contributed by atoms with Gasteiger partial charge in [0.05, 0.1) is 6.54 Å². The van der Waals surface area contributed by atoms with Crippen molar-refractivity contribution in [3.05, 3.63) is 30.3 Å². The quantitative estimate of drug-likeness (QED) is 0.873. The largest absolute Gasteiger partial charge is 0.492 e. The molecule has 0 saturated carbocycles. The zero-order chi connectivity index (χ0) is 13.7. The average Bonchev–Trinajstić information content (AvgIpc) is 2.53. The first-order chi connectivity index (χ1) is 9.16. The molecule has 0 bridgehead atoms. The maximum atomic E-state index is 12.0. The standard InChI is InChI=1S/C14H18N2O3/c1-11-14(18)16(8-7-13(17)15-11)9-10-19-12-5-3-2-4-6-12/h2-6,11H,7-10H2,1H3,(H,15,17). The number of ether oxygens (including phenoxy) is 1. The van der Waals surface area contributed by atoms with Gasteiger partial charge in [0.1, 0.15) is 18.4 Å². The third-order valence-electron chi connectivity index (χ3n) is 3.04. The van der Waals surface area contributed by atoms with Crippen molar-refractivity contribution < 1.29 is 14.3 Å². The SMILES string of the molecule is CC1NC(=O)CCN(CCOc2ccccc2)C1=O. The molecule has 5 nitrogen and oxygen atoms in total. The van der Waals surface area contributed by atoms with Gasteiger partial charge < -0.3 is 15.0 Å². The fourth-order valence-electron chi connectivity index (χ4n) is 2.01. The Hall–Kier alpha value is -2.04. The number of nitrogens with one attached hydrogen (secondary N) is 1. The van der Waals surface area contributed by atoms with Crippen LogP contribution in [0.25, 0.3) is 0 Å². The van der Waals surface area contributed by atoms with E-state index >= 15 is 0 Å². The van der Waals surface area contributed by atoms with Gasteiger partial charge in [-0.1, -0.05) is 18.2 Å². The van der Waals surface area contributed by atoms with Crippen molar-refractivity contribution in [1.82, 2.24) is 10.2 Å². The van der Waals surface area contributed by atoms with Crippen LogP contribution in [-0.2, 0) is 9.59 Å². The molecule has 1 aromatic rings. The third kappa shape index (κ3) is 3.71. The van der Waals surface area contributed by atoms with E-state index in [9.17, 15) is 9.59 Å². The van der Waals surface area contributed by atoms with Crippen molar-refractivity contribution in [2.24, 2.45) is 0 Å². The smallest absolute Gasteiger partial charge is 0.244 e. The summed E-state index contributed by atoms with van der Waals surface area (Å²) in [5, 5.41) is 2.66. The molecule has 0 spiro atoms. The number of hydrogen-bond acceptors (Lipinski definition) is 3. The van der Waals surface area contributed by atoms with E-state index in [1.807, 2.05) is 30.3 Å². The summed E-state index contributed by atoms with van der Waals surface area (Å²) in [5.74, 6) is 0.655. The van der Waals surface area contributed by atoms with E-state index in [0.29, 0.717) is 26.1 Å². The van der Waals surface area contributed by atoms with Crippen molar-refractivity contribution in [3.63, 3.8) is 0 Å². The summed E-state index contributed by atoms with van der Waals surface area (Å²) in [4.78, 5) is 25.0.